The lowest BCUT2D eigenvalue weighted by atomic mass is 9.84. The quantitative estimate of drug-likeness (QED) is 0.742. The van der Waals surface area contributed by atoms with E-state index in [1.807, 2.05) is 6.92 Å². The Morgan fingerprint density at radius 3 is 2.95 bits per heavy atom. The van der Waals surface area contributed by atoms with Crippen molar-refractivity contribution in [2.45, 2.75) is 64.3 Å². The second-order valence-electron chi connectivity index (χ2n) is 5.45. The van der Waals surface area contributed by atoms with Crippen LogP contribution in [0.3, 0.4) is 0 Å². The third-order valence-corrected chi connectivity index (χ3v) is 3.90. The second-order valence-corrected chi connectivity index (χ2v) is 5.45. The molecule has 1 saturated carbocycles. The molecule has 1 heterocycles. The van der Waals surface area contributed by atoms with E-state index in [0.29, 0.717) is 18.6 Å². The molecule has 0 aromatic carbocycles. The van der Waals surface area contributed by atoms with Gasteiger partial charge in [0.2, 0.25) is 5.89 Å². The van der Waals surface area contributed by atoms with E-state index >= 15 is 0 Å². The molecule has 1 aromatic heterocycles. The smallest absolute Gasteiger partial charge is 0.231 e. The van der Waals surface area contributed by atoms with Crippen molar-refractivity contribution in [1.82, 2.24) is 15.5 Å². The number of ether oxygens (including phenoxy) is 1. The predicted octanol–water partition coefficient (Wildman–Crippen LogP) is 2.67. The van der Waals surface area contributed by atoms with Crippen molar-refractivity contribution in [3.05, 3.63) is 11.7 Å². The first-order valence-electron chi connectivity index (χ1n) is 7.98. The summed E-state index contributed by atoms with van der Waals surface area (Å²) < 4.78 is 10.8. The first kappa shape index (κ1) is 15.4. The molecule has 2 atom stereocenters. The van der Waals surface area contributed by atoms with Crippen LogP contribution in [0.25, 0.3) is 0 Å². The monoisotopic (exact) mass is 281 g/mol. The highest BCUT2D eigenvalue weighted by atomic mass is 16.5. The number of hydrogen-bond donors (Lipinski definition) is 1. The van der Waals surface area contributed by atoms with Crippen molar-refractivity contribution in [3.8, 4) is 0 Å². The minimum atomic E-state index is 0.378. The third-order valence-electron chi connectivity index (χ3n) is 3.90. The van der Waals surface area contributed by atoms with Gasteiger partial charge in [0.1, 0.15) is 0 Å². The summed E-state index contributed by atoms with van der Waals surface area (Å²) in [6.07, 6.45) is 6.80. The molecule has 5 heteroatoms. The molecule has 0 amide bonds. The fourth-order valence-corrected chi connectivity index (χ4v) is 2.83. The molecular weight excluding hydrogens is 254 g/mol. The average Bonchev–Trinajstić information content (AvgIpc) is 2.94. The molecule has 2 unspecified atom stereocenters. The standard InChI is InChI=1S/C15H27N3O2/c1-3-10-16-13-8-6-5-7-12(13)15-17-14(18-20-15)9-11-19-4-2/h12-13,16H,3-11H2,1-2H3. The fraction of sp³-hybridized carbons (Fsp3) is 0.867. The highest BCUT2D eigenvalue weighted by molar-refractivity contribution is 5.01. The maximum Gasteiger partial charge on any atom is 0.231 e. The van der Waals surface area contributed by atoms with Crippen LogP contribution in [0, 0.1) is 0 Å². The molecule has 0 saturated heterocycles. The molecule has 1 aliphatic carbocycles. The van der Waals surface area contributed by atoms with Gasteiger partial charge in [-0.05, 0) is 32.7 Å². The van der Waals surface area contributed by atoms with Gasteiger partial charge in [-0.2, -0.15) is 4.98 Å². The van der Waals surface area contributed by atoms with Crippen LogP contribution in [0.1, 0.15) is 63.6 Å². The van der Waals surface area contributed by atoms with Gasteiger partial charge in [-0.3, -0.25) is 0 Å². The lowest BCUT2D eigenvalue weighted by molar-refractivity contribution is 0.149. The van der Waals surface area contributed by atoms with Gasteiger partial charge in [0.15, 0.2) is 5.82 Å². The van der Waals surface area contributed by atoms with E-state index in [1.165, 1.54) is 19.3 Å². The summed E-state index contributed by atoms with van der Waals surface area (Å²) in [4.78, 5) is 4.57. The van der Waals surface area contributed by atoms with Crippen LogP contribution < -0.4 is 5.32 Å². The van der Waals surface area contributed by atoms with Gasteiger partial charge >= 0.3 is 0 Å². The van der Waals surface area contributed by atoms with Crippen LogP contribution in [0.4, 0.5) is 0 Å². The molecule has 1 aromatic rings. The highest BCUT2D eigenvalue weighted by Crippen LogP contribution is 2.32. The highest BCUT2D eigenvalue weighted by Gasteiger charge is 2.30. The largest absolute Gasteiger partial charge is 0.381 e. The summed E-state index contributed by atoms with van der Waals surface area (Å²) in [5.41, 5.74) is 0. The Labute approximate surface area is 121 Å². The molecule has 0 aliphatic heterocycles. The Morgan fingerprint density at radius 1 is 1.30 bits per heavy atom. The zero-order valence-electron chi connectivity index (χ0n) is 12.7. The van der Waals surface area contributed by atoms with Crippen LogP contribution >= 0.6 is 0 Å². The van der Waals surface area contributed by atoms with Gasteiger partial charge < -0.3 is 14.6 Å². The normalized spacial score (nSPS) is 23.1. The Bertz CT molecular complexity index is 381. The molecule has 0 radical (unpaired) electrons. The first-order chi connectivity index (χ1) is 9.85. The van der Waals surface area contributed by atoms with Crippen molar-refractivity contribution in [3.63, 3.8) is 0 Å². The van der Waals surface area contributed by atoms with Crippen molar-refractivity contribution in [2.75, 3.05) is 19.8 Å². The molecule has 2 rings (SSSR count). The Hall–Kier alpha value is -0.940. The van der Waals surface area contributed by atoms with E-state index in [1.54, 1.807) is 0 Å². The van der Waals surface area contributed by atoms with Crippen molar-refractivity contribution in [2.24, 2.45) is 0 Å². The molecule has 114 valence electrons. The Morgan fingerprint density at radius 2 is 2.15 bits per heavy atom. The minimum absolute atomic E-state index is 0.378. The number of nitrogens with one attached hydrogen (secondary N) is 1. The number of aromatic nitrogens is 2. The van der Waals surface area contributed by atoms with E-state index in [0.717, 1.165) is 44.1 Å². The summed E-state index contributed by atoms with van der Waals surface area (Å²) >= 11 is 0. The van der Waals surface area contributed by atoms with Gasteiger partial charge in [0, 0.05) is 19.1 Å². The predicted molar refractivity (Wildman–Crippen MR) is 77.8 cm³/mol. The summed E-state index contributed by atoms with van der Waals surface area (Å²) in [6.45, 7) is 6.65. The molecule has 0 spiro atoms. The van der Waals surface area contributed by atoms with E-state index < -0.39 is 0 Å². The van der Waals surface area contributed by atoms with E-state index in [-0.39, 0.29) is 0 Å². The maximum absolute atomic E-state index is 5.49. The summed E-state index contributed by atoms with van der Waals surface area (Å²) in [6, 6.07) is 0.490. The van der Waals surface area contributed by atoms with E-state index in [2.05, 4.69) is 22.4 Å². The topological polar surface area (TPSA) is 60.2 Å². The molecule has 5 nitrogen and oxygen atoms in total. The summed E-state index contributed by atoms with van der Waals surface area (Å²) in [5.74, 6) is 1.96. The van der Waals surface area contributed by atoms with Crippen LogP contribution in [0.2, 0.25) is 0 Å². The van der Waals surface area contributed by atoms with Crippen LogP contribution in [-0.2, 0) is 11.2 Å². The van der Waals surface area contributed by atoms with Crippen LogP contribution in [0.5, 0.6) is 0 Å². The molecule has 1 fully saturated rings. The van der Waals surface area contributed by atoms with Gasteiger partial charge in [-0.15, -0.1) is 0 Å². The lowest BCUT2D eigenvalue weighted by Gasteiger charge is -2.29. The number of nitrogens with zero attached hydrogens (tertiary/aromatic N) is 2. The Balaban J connectivity index is 1.93. The zero-order chi connectivity index (χ0) is 14.2. The van der Waals surface area contributed by atoms with Crippen molar-refractivity contribution < 1.29 is 9.26 Å². The number of hydrogen-bond acceptors (Lipinski definition) is 5. The molecular formula is C15H27N3O2. The third kappa shape index (κ3) is 4.28. The summed E-state index contributed by atoms with van der Waals surface area (Å²) in [5, 5.41) is 7.71. The van der Waals surface area contributed by atoms with Gasteiger partial charge in [-0.25, -0.2) is 0 Å². The Kier molecular flexibility index (Phi) is 6.47. The van der Waals surface area contributed by atoms with Gasteiger partial charge in [0.05, 0.1) is 12.5 Å². The first-order valence-corrected chi connectivity index (χ1v) is 7.98. The average molecular weight is 281 g/mol. The SMILES string of the molecule is CCCNC1CCCCC1c1nc(CCOCC)no1. The molecule has 0 bridgehead atoms. The van der Waals surface area contributed by atoms with Gasteiger partial charge in [0.25, 0.3) is 0 Å². The van der Waals surface area contributed by atoms with Gasteiger partial charge in [-0.1, -0.05) is 24.9 Å². The van der Waals surface area contributed by atoms with Crippen molar-refractivity contribution in [1.29, 1.82) is 0 Å². The zero-order valence-corrected chi connectivity index (χ0v) is 12.7. The molecule has 1 N–H and O–H groups in total. The number of rotatable bonds is 8. The van der Waals surface area contributed by atoms with Crippen LogP contribution in [0.15, 0.2) is 4.52 Å². The maximum atomic E-state index is 5.49. The molecule has 20 heavy (non-hydrogen) atoms. The molecule has 1 aliphatic rings. The fourth-order valence-electron chi connectivity index (χ4n) is 2.83. The lowest BCUT2D eigenvalue weighted by Crippen LogP contribution is -2.37. The van der Waals surface area contributed by atoms with Crippen LogP contribution in [-0.4, -0.2) is 35.9 Å². The second kappa shape index (κ2) is 8.37. The van der Waals surface area contributed by atoms with E-state index in [4.69, 9.17) is 9.26 Å². The minimum Gasteiger partial charge on any atom is -0.381 e. The van der Waals surface area contributed by atoms with E-state index in [9.17, 15) is 0 Å². The van der Waals surface area contributed by atoms with Crippen molar-refractivity contribution >= 4 is 0 Å². The summed E-state index contributed by atoms with van der Waals surface area (Å²) in [7, 11) is 0.